The van der Waals surface area contributed by atoms with Crippen molar-refractivity contribution >= 4 is 0 Å². The Balaban J connectivity index is 2.27. The fraction of sp³-hybridized carbons (Fsp3) is 1.00. The van der Waals surface area contributed by atoms with Gasteiger partial charge >= 0.3 is 0 Å². The van der Waals surface area contributed by atoms with E-state index in [9.17, 15) is 5.11 Å². The predicted molar refractivity (Wildman–Crippen MR) is 65.0 cm³/mol. The zero-order valence-corrected chi connectivity index (χ0v) is 10.6. The highest BCUT2D eigenvalue weighted by Gasteiger charge is 2.31. The van der Waals surface area contributed by atoms with E-state index in [1.54, 1.807) is 0 Å². The summed E-state index contributed by atoms with van der Waals surface area (Å²) in [4.78, 5) is 2.49. The third-order valence-electron chi connectivity index (χ3n) is 3.41. The summed E-state index contributed by atoms with van der Waals surface area (Å²) in [7, 11) is 0. The molecule has 0 saturated carbocycles. The maximum atomic E-state index is 10.3. The first-order valence-electron chi connectivity index (χ1n) is 6.50. The summed E-state index contributed by atoms with van der Waals surface area (Å²) in [6.45, 7) is 10.1. The molecule has 0 atom stereocenters. The maximum absolute atomic E-state index is 10.3. The molecule has 15 heavy (non-hydrogen) atoms. The molecular formula is C13H27NO. The molecule has 0 aromatic rings. The monoisotopic (exact) mass is 213 g/mol. The molecule has 0 bridgehead atoms. The number of hydrogen-bond donors (Lipinski definition) is 1. The van der Waals surface area contributed by atoms with E-state index in [4.69, 9.17) is 0 Å². The minimum absolute atomic E-state index is 0.344. The summed E-state index contributed by atoms with van der Waals surface area (Å²) in [6, 6.07) is 0. The van der Waals surface area contributed by atoms with Gasteiger partial charge in [0, 0.05) is 19.6 Å². The van der Waals surface area contributed by atoms with Gasteiger partial charge in [0.25, 0.3) is 0 Å². The van der Waals surface area contributed by atoms with Crippen molar-refractivity contribution in [2.24, 2.45) is 5.92 Å². The molecule has 1 aliphatic rings. The number of likely N-dealkylation sites (tertiary alicyclic amines) is 1. The van der Waals surface area contributed by atoms with Crippen LogP contribution in [0.15, 0.2) is 0 Å². The van der Waals surface area contributed by atoms with Crippen LogP contribution in [0.3, 0.4) is 0 Å². The first-order valence-corrected chi connectivity index (χ1v) is 6.50. The molecule has 0 aliphatic carbocycles. The van der Waals surface area contributed by atoms with Crippen LogP contribution in [-0.2, 0) is 0 Å². The summed E-state index contributed by atoms with van der Waals surface area (Å²) in [5.74, 6) is 0.742. The van der Waals surface area contributed by atoms with Gasteiger partial charge in [-0.05, 0) is 25.2 Å². The van der Waals surface area contributed by atoms with Gasteiger partial charge in [-0.2, -0.15) is 0 Å². The lowest BCUT2D eigenvalue weighted by Crippen LogP contribution is -2.45. The fourth-order valence-corrected chi connectivity index (χ4v) is 2.42. The molecule has 2 heteroatoms. The molecule has 0 radical (unpaired) electrons. The molecule has 1 rings (SSSR count). The molecular weight excluding hydrogens is 186 g/mol. The van der Waals surface area contributed by atoms with E-state index in [-0.39, 0.29) is 5.60 Å². The lowest BCUT2D eigenvalue weighted by atomic mass is 9.86. The van der Waals surface area contributed by atoms with Crippen LogP contribution in [0.4, 0.5) is 0 Å². The van der Waals surface area contributed by atoms with Crippen molar-refractivity contribution in [3.63, 3.8) is 0 Å². The molecule has 1 N–H and O–H groups in total. The van der Waals surface area contributed by atoms with Gasteiger partial charge in [0.1, 0.15) is 0 Å². The second kappa shape index (κ2) is 5.86. The van der Waals surface area contributed by atoms with Crippen molar-refractivity contribution < 1.29 is 5.11 Å². The molecule has 0 amide bonds. The largest absolute Gasteiger partial charge is 0.390 e. The average molecular weight is 213 g/mol. The molecule has 1 aliphatic heterocycles. The maximum Gasteiger partial charge on any atom is 0.0672 e. The highest BCUT2D eigenvalue weighted by atomic mass is 16.3. The molecule has 0 aromatic heterocycles. The predicted octanol–water partition coefficient (Wildman–Crippen LogP) is 2.66. The Labute approximate surface area is 94.7 Å². The highest BCUT2D eigenvalue weighted by molar-refractivity contribution is 4.85. The molecule has 90 valence electrons. The van der Waals surface area contributed by atoms with Crippen LogP contribution >= 0.6 is 0 Å². The Morgan fingerprint density at radius 1 is 1.27 bits per heavy atom. The third-order valence-corrected chi connectivity index (χ3v) is 3.41. The Bertz CT molecular complexity index is 171. The summed E-state index contributed by atoms with van der Waals surface area (Å²) in [5, 5.41) is 10.3. The van der Waals surface area contributed by atoms with Crippen LogP contribution in [-0.4, -0.2) is 35.2 Å². The van der Waals surface area contributed by atoms with Crippen LogP contribution in [0.5, 0.6) is 0 Å². The summed E-state index contributed by atoms with van der Waals surface area (Å²) in [6.07, 6.45) is 5.30. The zero-order chi connectivity index (χ0) is 11.3. The third kappa shape index (κ3) is 4.52. The number of aliphatic hydroxyl groups is 1. The van der Waals surface area contributed by atoms with E-state index >= 15 is 0 Å². The Morgan fingerprint density at radius 2 is 1.87 bits per heavy atom. The van der Waals surface area contributed by atoms with Gasteiger partial charge in [0.05, 0.1) is 5.60 Å². The molecule has 0 unspecified atom stereocenters. The normalized spacial score (nSPS) is 22.2. The molecule has 1 fully saturated rings. The number of unbranched alkanes of at least 4 members (excludes halogenated alkanes) is 1. The van der Waals surface area contributed by atoms with Crippen molar-refractivity contribution in [1.82, 2.24) is 4.90 Å². The lowest BCUT2D eigenvalue weighted by Gasteiger charge is -2.39. The quantitative estimate of drug-likeness (QED) is 0.759. The average Bonchev–Trinajstić information content (AvgIpc) is 2.19. The Hall–Kier alpha value is -0.0800. The van der Waals surface area contributed by atoms with Gasteiger partial charge in [-0.1, -0.05) is 33.6 Å². The number of piperidine rings is 1. The standard InChI is InChI=1S/C13H27NO/c1-4-5-6-13(15)7-9-14(10-8-13)11-12(2)3/h12,15H,4-11H2,1-3H3. The van der Waals surface area contributed by atoms with Crippen molar-refractivity contribution in [3.05, 3.63) is 0 Å². The summed E-state index contributed by atoms with van der Waals surface area (Å²) >= 11 is 0. The van der Waals surface area contributed by atoms with E-state index in [1.165, 1.54) is 19.4 Å². The zero-order valence-electron chi connectivity index (χ0n) is 10.6. The molecule has 0 aromatic carbocycles. The second-order valence-corrected chi connectivity index (χ2v) is 5.52. The fourth-order valence-electron chi connectivity index (χ4n) is 2.42. The van der Waals surface area contributed by atoms with Crippen LogP contribution < -0.4 is 0 Å². The Morgan fingerprint density at radius 3 is 2.33 bits per heavy atom. The minimum Gasteiger partial charge on any atom is -0.390 e. The number of nitrogens with zero attached hydrogens (tertiary/aromatic N) is 1. The van der Waals surface area contributed by atoms with E-state index in [0.29, 0.717) is 0 Å². The van der Waals surface area contributed by atoms with Crippen molar-refractivity contribution in [1.29, 1.82) is 0 Å². The topological polar surface area (TPSA) is 23.5 Å². The van der Waals surface area contributed by atoms with Crippen LogP contribution in [0.1, 0.15) is 52.9 Å². The SMILES string of the molecule is CCCCC1(O)CCN(CC(C)C)CC1. The van der Waals surface area contributed by atoms with Crippen LogP contribution in [0, 0.1) is 5.92 Å². The van der Waals surface area contributed by atoms with Crippen LogP contribution in [0.25, 0.3) is 0 Å². The van der Waals surface area contributed by atoms with Gasteiger partial charge in [0.2, 0.25) is 0 Å². The van der Waals surface area contributed by atoms with E-state index < -0.39 is 0 Å². The Kier molecular flexibility index (Phi) is 5.07. The van der Waals surface area contributed by atoms with E-state index in [1.807, 2.05) is 0 Å². The molecule has 0 spiro atoms. The number of hydrogen-bond acceptors (Lipinski definition) is 2. The highest BCUT2D eigenvalue weighted by Crippen LogP contribution is 2.27. The van der Waals surface area contributed by atoms with Gasteiger partial charge < -0.3 is 10.0 Å². The van der Waals surface area contributed by atoms with Gasteiger partial charge in [-0.25, -0.2) is 0 Å². The van der Waals surface area contributed by atoms with Gasteiger partial charge in [-0.15, -0.1) is 0 Å². The molecule has 2 nitrogen and oxygen atoms in total. The van der Waals surface area contributed by atoms with E-state index in [2.05, 4.69) is 25.7 Å². The van der Waals surface area contributed by atoms with Crippen LogP contribution in [0.2, 0.25) is 0 Å². The van der Waals surface area contributed by atoms with Crippen molar-refractivity contribution in [3.8, 4) is 0 Å². The van der Waals surface area contributed by atoms with E-state index in [0.717, 1.165) is 38.3 Å². The first-order chi connectivity index (χ1) is 7.06. The lowest BCUT2D eigenvalue weighted by molar-refractivity contribution is -0.0309. The first kappa shape index (κ1) is 13.0. The minimum atomic E-state index is -0.344. The summed E-state index contributed by atoms with van der Waals surface area (Å²) < 4.78 is 0. The smallest absolute Gasteiger partial charge is 0.0672 e. The van der Waals surface area contributed by atoms with Gasteiger partial charge in [0.15, 0.2) is 0 Å². The summed E-state index contributed by atoms with van der Waals surface area (Å²) in [5.41, 5.74) is -0.344. The van der Waals surface area contributed by atoms with Crippen molar-refractivity contribution in [2.45, 2.75) is 58.5 Å². The second-order valence-electron chi connectivity index (χ2n) is 5.52. The molecule has 1 heterocycles. The van der Waals surface area contributed by atoms with Crippen molar-refractivity contribution in [2.75, 3.05) is 19.6 Å². The van der Waals surface area contributed by atoms with Gasteiger partial charge in [-0.3, -0.25) is 0 Å². The number of rotatable bonds is 5. The molecule has 1 saturated heterocycles.